The smallest absolute Gasteiger partial charge is 0.242 e. The Morgan fingerprint density at radius 1 is 1.22 bits per heavy atom. The highest BCUT2D eigenvalue weighted by molar-refractivity contribution is 5.89. The number of rotatable bonds is 8. The van der Waals surface area contributed by atoms with Gasteiger partial charge in [0.1, 0.15) is 12.6 Å². The average molecular weight is 336 g/mol. The third kappa shape index (κ3) is 4.94. The average Bonchev–Trinajstić information content (AvgIpc) is 2.50. The molecule has 0 bridgehead atoms. The summed E-state index contributed by atoms with van der Waals surface area (Å²) in [5.74, 6) is -9.76. The Labute approximate surface area is 127 Å². The van der Waals surface area contributed by atoms with Gasteiger partial charge in [0.2, 0.25) is 24.0 Å². The van der Waals surface area contributed by atoms with Gasteiger partial charge in [-0.25, -0.2) is 8.78 Å². The van der Waals surface area contributed by atoms with Crippen molar-refractivity contribution in [1.82, 2.24) is 10.6 Å². The molecule has 0 aliphatic heterocycles. The Kier molecular flexibility index (Phi) is 6.49. The number of carbonyl (C=O) groups excluding carboxylic acids is 3. The summed E-state index contributed by atoms with van der Waals surface area (Å²) in [5.41, 5.74) is 0. The molecule has 126 valence electrons. The first-order valence-corrected chi connectivity index (χ1v) is 6.22. The van der Waals surface area contributed by atoms with E-state index in [2.05, 4.69) is 15.4 Å². The molecule has 2 N–H and O–H groups in total. The van der Waals surface area contributed by atoms with Crippen molar-refractivity contribution in [3.63, 3.8) is 0 Å². The molecule has 1 rings (SSSR count). The highest BCUT2D eigenvalue weighted by Crippen LogP contribution is 2.26. The number of nitrogens with one attached hydrogen (secondary N) is 2. The van der Waals surface area contributed by atoms with Crippen LogP contribution in [0.3, 0.4) is 0 Å². The van der Waals surface area contributed by atoms with Crippen molar-refractivity contribution in [3.05, 3.63) is 29.3 Å². The number of carbonyl (C=O) groups is 3. The number of halogens is 4. The predicted octanol–water partition coefficient (Wildman–Crippen LogP) is 0.442. The minimum absolute atomic E-state index is 0.000985. The molecule has 1 aromatic rings. The topological polar surface area (TPSA) is 84.5 Å². The molecule has 0 radical (unpaired) electrons. The van der Waals surface area contributed by atoms with E-state index in [-0.39, 0.29) is 6.07 Å². The van der Waals surface area contributed by atoms with Crippen LogP contribution >= 0.6 is 0 Å². The van der Waals surface area contributed by atoms with E-state index in [1.54, 1.807) is 0 Å². The highest BCUT2D eigenvalue weighted by atomic mass is 19.2. The number of Topliss-reactive ketones (excluding diaryl/α,β-unsaturated/α-hetero) is 1. The molecule has 1 aromatic carbocycles. The summed E-state index contributed by atoms with van der Waals surface area (Å²) < 4.78 is 56.8. The van der Waals surface area contributed by atoms with Gasteiger partial charge in [0.05, 0.1) is 6.54 Å². The molecule has 0 aromatic heterocycles. The van der Waals surface area contributed by atoms with Crippen molar-refractivity contribution in [2.24, 2.45) is 0 Å². The second kappa shape index (κ2) is 8.11. The minimum atomic E-state index is -1.77. The van der Waals surface area contributed by atoms with Crippen molar-refractivity contribution in [2.45, 2.75) is 13.0 Å². The van der Waals surface area contributed by atoms with Gasteiger partial charge in [-0.15, -0.1) is 0 Å². The van der Waals surface area contributed by atoms with E-state index in [0.717, 1.165) is 0 Å². The summed E-state index contributed by atoms with van der Waals surface area (Å²) in [6, 6.07) is -0.894. The maximum absolute atomic E-state index is 13.3. The monoisotopic (exact) mass is 336 g/mol. The molecule has 0 fully saturated rings. The van der Waals surface area contributed by atoms with Gasteiger partial charge in [0.25, 0.3) is 0 Å². The lowest BCUT2D eigenvalue weighted by atomic mass is 10.3. The van der Waals surface area contributed by atoms with Crippen molar-refractivity contribution in [3.8, 4) is 5.75 Å². The summed E-state index contributed by atoms with van der Waals surface area (Å²) in [4.78, 5) is 32.9. The fourth-order valence-electron chi connectivity index (χ4n) is 1.40. The Morgan fingerprint density at radius 3 is 2.30 bits per heavy atom. The molecule has 0 aliphatic rings. The molecule has 2 amide bonds. The quantitative estimate of drug-likeness (QED) is 0.410. The first kappa shape index (κ1) is 18.4. The SMILES string of the molecule is C[C@H](NC=O)C(=O)NCC(=O)COc1c(F)c(F)cc(F)c1F. The maximum atomic E-state index is 13.3. The number of hydrogen-bond donors (Lipinski definition) is 2. The minimum Gasteiger partial charge on any atom is -0.479 e. The third-order valence-corrected chi connectivity index (χ3v) is 2.62. The van der Waals surface area contributed by atoms with Gasteiger partial charge in [-0.3, -0.25) is 14.4 Å². The van der Waals surface area contributed by atoms with Crippen molar-refractivity contribution in [1.29, 1.82) is 0 Å². The Balaban J connectivity index is 2.58. The largest absolute Gasteiger partial charge is 0.479 e. The highest BCUT2D eigenvalue weighted by Gasteiger charge is 2.21. The van der Waals surface area contributed by atoms with Crippen LogP contribution in [0.1, 0.15) is 6.92 Å². The fourth-order valence-corrected chi connectivity index (χ4v) is 1.40. The number of ketones is 1. The number of hydrogen-bond acceptors (Lipinski definition) is 4. The third-order valence-electron chi connectivity index (χ3n) is 2.62. The summed E-state index contributed by atoms with van der Waals surface area (Å²) in [6.07, 6.45) is 0.291. The molecule has 0 unspecified atom stereocenters. The lowest BCUT2D eigenvalue weighted by molar-refractivity contribution is -0.127. The van der Waals surface area contributed by atoms with Crippen LogP contribution in [0.25, 0.3) is 0 Å². The lowest BCUT2D eigenvalue weighted by Crippen LogP contribution is -2.44. The number of amides is 2. The van der Waals surface area contributed by atoms with Crippen molar-refractivity contribution in [2.75, 3.05) is 13.2 Å². The zero-order valence-electron chi connectivity index (χ0n) is 11.8. The predicted molar refractivity (Wildman–Crippen MR) is 68.4 cm³/mol. The second-order valence-corrected chi connectivity index (χ2v) is 4.35. The van der Waals surface area contributed by atoms with Crippen LogP contribution in [-0.4, -0.2) is 37.3 Å². The van der Waals surface area contributed by atoms with E-state index in [0.29, 0.717) is 6.41 Å². The molecular formula is C13H12F4N2O4. The Bertz CT molecular complexity index is 598. The van der Waals surface area contributed by atoms with E-state index in [4.69, 9.17) is 0 Å². The van der Waals surface area contributed by atoms with Gasteiger partial charge in [0, 0.05) is 6.07 Å². The molecule has 0 spiro atoms. The zero-order valence-corrected chi connectivity index (χ0v) is 11.8. The van der Waals surface area contributed by atoms with Crippen LogP contribution in [0.15, 0.2) is 6.07 Å². The van der Waals surface area contributed by atoms with Crippen LogP contribution in [0, 0.1) is 23.3 Å². The van der Waals surface area contributed by atoms with Gasteiger partial charge >= 0.3 is 0 Å². The van der Waals surface area contributed by atoms with Crippen molar-refractivity contribution >= 4 is 18.1 Å². The van der Waals surface area contributed by atoms with Gasteiger partial charge in [-0.2, -0.15) is 8.78 Å². The molecule has 0 heterocycles. The Hall–Kier alpha value is -2.65. The number of benzene rings is 1. The van der Waals surface area contributed by atoms with Crippen LogP contribution < -0.4 is 15.4 Å². The standard InChI is InChI=1S/C13H12F4N2O4/c1-6(19-5-20)13(22)18-3-7(21)4-23-12-10(16)8(14)2-9(15)11(12)17/h2,5-6H,3-4H2,1H3,(H,18,22)(H,19,20)/t6-/m0/s1. The van der Waals surface area contributed by atoms with Crippen LogP contribution in [0.2, 0.25) is 0 Å². The van der Waals surface area contributed by atoms with Gasteiger partial charge in [0.15, 0.2) is 23.2 Å². The molecule has 10 heteroatoms. The molecule has 1 atom stereocenters. The van der Waals surface area contributed by atoms with Crippen molar-refractivity contribution < 1.29 is 36.7 Å². The van der Waals surface area contributed by atoms with Crippen LogP contribution in [-0.2, 0) is 14.4 Å². The van der Waals surface area contributed by atoms with Gasteiger partial charge in [-0.05, 0) is 6.92 Å². The molecule has 0 saturated heterocycles. The molecule has 23 heavy (non-hydrogen) atoms. The first-order valence-electron chi connectivity index (χ1n) is 6.22. The van der Waals surface area contributed by atoms with E-state index in [9.17, 15) is 31.9 Å². The first-order chi connectivity index (χ1) is 10.8. The van der Waals surface area contributed by atoms with Crippen LogP contribution in [0.5, 0.6) is 5.75 Å². The van der Waals surface area contributed by atoms with E-state index in [1.807, 2.05) is 0 Å². The summed E-state index contributed by atoms with van der Waals surface area (Å²) in [6.45, 7) is -0.137. The van der Waals surface area contributed by atoms with E-state index < -0.39 is 59.9 Å². The fraction of sp³-hybridized carbons (Fsp3) is 0.308. The lowest BCUT2D eigenvalue weighted by Gasteiger charge is -2.11. The normalized spacial score (nSPS) is 11.5. The summed E-state index contributed by atoms with van der Waals surface area (Å²) in [5, 5.41) is 4.27. The molecule has 0 aliphatic carbocycles. The van der Waals surface area contributed by atoms with E-state index in [1.165, 1.54) is 6.92 Å². The maximum Gasteiger partial charge on any atom is 0.242 e. The molecule has 0 saturated carbocycles. The zero-order chi connectivity index (χ0) is 17.6. The van der Waals surface area contributed by atoms with Gasteiger partial charge < -0.3 is 15.4 Å². The summed E-state index contributed by atoms with van der Waals surface area (Å²) in [7, 11) is 0. The van der Waals surface area contributed by atoms with Gasteiger partial charge in [-0.1, -0.05) is 0 Å². The van der Waals surface area contributed by atoms with Crippen LogP contribution in [0.4, 0.5) is 17.6 Å². The van der Waals surface area contributed by atoms with E-state index >= 15 is 0 Å². The molecule has 6 nitrogen and oxygen atoms in total. The molecular weight excluding hydrogens is 324 g/mol. The Morgan fingerprint density at radius 2 is 1.78 bits per heavy atom. The number of ether oxygens (including phenoxy) is 1. The summed E-state index contributed by atoms with van der Waals surface area (Å²) >= 11 is 0. The second-order valence-electron chi connectivity index (χ2n) is 4.35.